The number of ether oxygens (including phenoxy) is 1. The van der Waals surface area contributed by atoms with Crippen molar-refractivity contribution >= 4 is 41.3 Å². The fourth-order valence-electron chi connectivity index (χ4n) is 3.58. The minimum Gasteiger partial charge on any atom is -0.381 e. The van der Waals surface area contributed by atoms with E-state index in [0.717, 1.165) is 35.1 Å². The molecule has 0 saturated carbocycles. The maximum absolute atomic E-state index is 13.8. The Labute approximate surface area is 187 Å². The third-order valence-electron chi connectivity index (χ3n) is 5.11. The zero-order valence-electron chi connectivity index (χ0n) is 16.6. The summed E-state index contributed by atoms with van der Waals surface area (Å²) in [6.07, 6.45) is 1.71. The lowest BCUT2D eigenvalue weighted by atomic mass is 9.74. The Bertz CT molecular complexity index is 792. The second kappa shape index (κ2) is 10.5. The average Bonchev–Trinajstić information content (AvgIpc) is 3.07. The molecule has 0 radical (unpaired) electrons. The number of guanidine groups is 1. The van der Waals surface area contributed by atoms with Gasteiger partial charge in [0.05, 0.1) is 17.2 Å². The van der Waals surface area contributed by atoms with Gasteiger partial charge < -0.3 is 15.0 Å². The Hall–Kier alpha value is -1.26. The molecule has 1 aliphatic heterocycles. The van der Waals surface area contributed by atoms with Crippen LogP contribution in [0.5, 0.6) is 0 Å². The molecule has 0 aliphatic carbocycles. The predicted molar refractivity (Wildman–Crippen MR) is 123 cm³/mol. The van der Waals surface area contributed by atoms with Gasteiger partial charge in [-0.2, -0.15) is 0 Å². The maximum Gasteiger partial charge on any atom is 0.193 e. The minimum absolute atomic E-state index is 0. The Balaban J connectivity index is 0.00000280. The molecule has 1 aromatic heterocycles. The largest absolute Gasteiger partial charge is 0.381 e. The lowest BCUT2D eigenvalue weighted by molar-refractivity contribution is 0.0511. The van der Waals surface area contributed by atoms with E-state index in [9.17, 15) is 4.39 Å². The normalized spacial score (nSPS) is 16.4. The Morgan fingerprint density at radius 2 is 2.14 bits per heavy atom. The molecule has 1 aromatic carbocycles. The van der Waals surface area contributed by atoms with Gasteiger partial charge in [0, 0.05) is 44.6 Å². The van der Waals surface area contributed by atoms with E-state index in [4.69, 9.17) is 4.74 Å². The smallest absolute Gasteiger partial charge is 0.193 e. The van der Waals surface area contributed by atoms with Crippen molar-refractivity contribution in [2.45, 2.75) is 31.7 Å². The van der Waals surface area contributed by atoms with E-state index in [1.165, 1.54) is 6.07 Å². The Morgan fingerprint density at radius 1 is 1.39 bits per heavy atom. The van der Waals surface area contributed by atoms with Crippen LogP contribution in [-0.4, -0.2) is 49.7 Å². The van der Waals surface area contributed by atoms with Crippen LogP contribution < -0.4 is 5.32 Å². The SMILES string of the molecule is CN=C(NCC1(c2cccc(F)c2)CCOCC1)N(C)Cc1csc(C)n1.I. The predicted octanol–water partition coefficient (Wildman–Crippen LogP) is 3.96. The van der Waals surface area contributed by atoms with Crippen LogP contribution in [0.15, 0.2) is 34.6 Å². The number of thiazole rings is 1. The summed E-state index contributed by atoms with van der Waals surface area (Å²) in [6.45, 7) is 4.76. The van der Waals surface area contributed by atoms with Crippen molar-refractivity contribution < 1.29 is 9.13 Å². The molecule has 5 nitrogen and oxygen atoms in total. The quantitative estimate of drug-likeness (QED) is 0.370. The molecule has 3 rings (SSSR count). The van der Waals surface area contributed by atoms with Crippen LogP contribution in [-0.2, 0) is 16.7 Å². The molecule has 1 aliphatic rings. The number of nitrogens with one attached hydrogen (secondary N) is 1. The van der Waals surface area contributed by atoms with Crippen molar-refractivity contribution in [2.75, 3.05) is 33.9 Å². The topological polar surface area (TPSA) is 49.8 Å². The Kier molecular flexibility index (Phi) is 8.63. The number of hydrogen-bond donors (Lipinski definition) is 1. The summed E-state index contributed by atoms with van der Waals surface area (Å²) in [4.78, 5) is 11.0. The van der Waals surface area contributed by atoms with Gasteiger partial charge in [0.1, 0.15) is 5.82 Å². The number of hydrogen-bond acceptors (Lipinski definition) is 4. The number of halogens is 2. The first-order chi connectivity index (χ1) is 13.0. The molecule has 154 valence electrons. The molecule has 0 unspecified atom stereocenters. The van der Waals surface area contributed by atoms with Gasteiger partial charge in [-0.05, 0) is 37.5 Å². The highest BCUT2D eigenvalue weighted by molar-refractivity contribution is 14.0. The Morgan fingerprint density at radius 3 is 2.75 bits per heavy atom. The molecular weight excluding hydrogens is 490 g/mol. The van der Waals surface area contributed by atoms with Crippen LogP contribution in [0.25, 0.3) is 0 Å². The summed E-state index contributed by atoms with van der Waals surface area (Å²) >= 11 is 1.65. The second-order valence-electron chi connectivity index (χ2n) is 7.02. The van der Waals surface area contributed by atoms with Crippen LogP contribution in [0.1, 0.15) is 29.1 Å². The fourth-order valence-corrected chi connectivity index (χ4v) is 4.18. The maximum atomic E-state index is 13.8. The molecule has 2 aromatic rings. The summed E-state index contributed by atoms with van der Waals surface area (Å²) in [5.74, 6) is 0.613. The van der Waals surface area contributed by atoms with Crippen LogP contribution >= 0.6 is 35.3 Å². The van der Waals surface area contributed by atoms with Gasteiger partial charge in [0.15, 0.2) is 5.96 Å². The molecular formula is C20H28FIN4OS. The number of benzene rings is 1. The van der Waals surface area contributed by atoms with Crippen molar-refractivity contribution in [1.82, 2.24) is 15.2 Å². The molecule has 0 atom stereocenters. The molecule has 1 N–H and O–H groups in total. The first kappa shape index (κ1) is 23.0. The number of nitrogens with zero attached hydrogens (tertiary/aromatic N) is 3. The van der Waals surface area contributed by atoms with Crippen molar-refractivity contribution in [3.05, 3.63) is 51.7 Å². The highest BCUT2D eigenvalue weighted by Crippen LogP contribution is 2.34. The van der Waals surface area contributed by atoms with Crippen molar-refractivity contribution in [3.63, 3.8) is 0 Å². The first-order valence-electron chi connectivity index (χ1n) is 9.19. The third-order valence-corrected chi connectivity index (χ3v) is 5.93. The van der Waals surface area contributed by atoms with E-state index < -0.39 is 0 Å². The third kappa shape index (κ3) is 5.64. The molecule has 0 bridgehead atoms. The van der Waals surface area contributed by atoms with Gasteiger partial charge in [-0.3, -0.25) is 4.99 Å². The molecule has 1 saturated heterocycles. The number of rotatable bonds is 5. The van der Waals surface area contributed by atoms with Crippen LogP contribution in [0.3, 0.4) is 0 Å². The number of aryl methyl sites for hydroxylation is 1. The number of aliphatic imine (C=N–C) groups is 1. The highest BCUT2D eigenvalue weighted by atomic mass is 127. The lowest BCUT2D eigenvalue weighted by Crippen LogP contribution is -2.48. The van der Waals surface area contributed by atoms with Gasteiger partial charge in [-0.1, -0.05) is 12.1 Å². The van der Waals surface area contributed by atoms with E-state index in [-0.39, 0.29) is 35.2 Å². The van der Waals surface area contributed by atoms with Crippen LogP contribution in [0.2, 0.25) is 0 Å². The van der Waals surface area contributed by atoms with E-state index >= 15 is 0 Å². The highest BCUT2D eigenvalue weighted by Gasteiger charge is 2.35. The van der Waals surface area contributed by atoms with E-state index in [1.807, 2.05) is 20.0 Å². The lowest BCUT2D eigenvalue weighted by Gasteiger charge is -2.39. The molecule has 1 fully saturated rings. The van der Waals surface area contributed by atoms with E-state index in [0.29, 0.717) is 26.3 Å². The van der Waals surface area contributed by atoms with Crippen LogP contribution in [0.4, 0.5) is 4.39 Å². The summed E-state index contributed by atoms with van der Waals surface area (Å²) in [5, 5.41) is 6.64. The molecule has 8 heteroatoms. The van der Waals surface area contributed by atoms with Crippen molar-refractivity contribution in [3.8, 4) is 0 Å². The first-order valence-corrected chi connectivity index (χ1v) is 10.1. The molecule has 0 spiro atoms. The summed E-state index contributed by atoms with van der Waals surface area (Å²) in [6, 6.07) is 6.94. The molecule has 28 heavy (non-hydrogen) atoms. The standard InChI is InChI=1S/C20H27FN4OS.HI/c1-15-24-18(13-27-15)12-25(3)19(22-2)23-14-20(7-9-26-10-8-20)16-5-4-6-17(21)11-16;/h4-6,11,13H,7-10,12,14H2,1-3H3,(H,22,23);1H. The van der Waals surface area contributed by atoms with Crippen molar-refractivity contribution in [1.29, 1.82) is 0 Å². The summed E-state index contributed by atoms with van der Waals surface area (Å²) in [7, 11) is 3.78. The van der Waals surface area contributed by atoms with Crippen molar-refractivity contribution in [2.24, 2.45) is 4.99 Å². The molecule has 0 amide bonds. The van der Waals surface area contributed by atoms with Gasteiger partial charge in [0.2, 0.25) is 0 Å². The van der Waals surface area contributed by atoms with Crippen LogP contribution in [0, 0.1) is 12.7 Å². The minimum atomic E-state index is -0.196. The number of aromatic nitrogens is 1. The van der Waals surface area contributed by atoms with Gasteiger partial charge in [0.25, 0.3) is 0 Å². The zero-order chi connectivity index (χ0) is 19.3. The average molecular weight is 518 g/mol. The fraction of sp³-hybridized carbons (Fsp3) is 0.500. The summed E-state index contributed by atoms with van der Waals surface area (Å²) in [5.41, 5.74) is 1.90. The van der Waals surface area contributed by atoms with E-state index in [1.54, 1.807) is 30.5 Å². The zero-order valence-corrected chi connectivity index (χ0v) is 19.7. The van der Waals surface area contributed by atoms with Gasteiger partial charge >= 0.3 is 0 Å². The van der Waals surface area contributed by atoms with Gasteiger partial charge in [-0.25, -0.2) is 9.37 Å². The van der Waals surface area contributed by atoms with Gasteiger partial charge in [-0.15, -0.1) is 35.3 Å². The molecule has 2 heterocycles. The second-order valence-corrected chi connectivity index (χ2v) is 8.08. The van der Waals surface area contributed by atoms with E-state index in [2.05, 4.69) is 25.6 Å². The summed E-state index contributed by atoms with van der Waals surface area (Å²) < 4.78 is 19.4. The monoisotopic (exact) mass is 518 g/mol.